The first kappa shape index (κ1) is 24.9. The van der Waals surface area contributed by atoms with Gasteiger partial charge in [-0.2, -0.15) is 0 Å². The second-order valence-electron chi connectivity index (χ2n) is 8.86. The molecule has 0 aromatic carbocycles. The van der Waals surface area contributed by atoms with Gasteiger partial charge in [-0.3, -0.25) is 14.5 Å². The molecule has 28 heavy (non-hydrogen) atoms. The smallest absolute Gasteiger partial charge is 0.290 e. The molecular formula is C21H40N2O5. The Balaban J connectivity index is 0.000000582. The molecule has 1 aliphatic carbocycles. The van der Waals surface area contributed by atoms with E-state index in [0.29, 0.717) is 17.1 Å². The van der Waals surface area contributed by atoms with Crippen LogP contribution in [0.1, 0.15) is 65.2 Å². The minimum Gasteiger partial charge on any atom is -0.483 e. The third-order valence-electron chi connectivity index (χ3n) is 6.62. The second kappa shape index (κ2) is 12.4. The van der Waals surface area contributed by atoms with Gasteiger partial charge in [0.15, 0.2) is 0 Å². The zero-order chi connectivity index (χ0) is 21.0. The van der Waals surface area contributed by atoms with E-state index in [1.165, 1.54) is 84.1 Å². The Hall–Kier alpha value is -1.18. The molecule has 2 N–H and O–H groups in total. The summed E-state index contributed by atoms with van der Waals surface area (Å²) >= 11 is 0. The largest absolute Gasteiger partial charge is 0.483 e. The molecule has 7 heteroatoms. The number of rotatable bonds is 4. The standard InChI is InChI=1S/C19H36N2O.2CH2O2/c1-18(2,21-13-5-4-6-14-21)15-20-12-8-11-19(16-20)10-7-9-17(19)22-3;2*2-1-3/h17H,4-16H2,1-3H3;2*1H,(H,2,3)/t17-,19+;;/m1../s1. The summed E-state index contributed by atoms with van der Waals surface area (Å²) in [5, 5.41) is 13.8. The van der Waals surface area contributed by atoms with Gasteiger partial charge >= 0.3 is 0 Å². The van der Waals surface area contributed by atoms with Crippen LogP contribution in [0.3, 0.4) is 0 Å². The number of ether oxygens (including phenoxy) is 1. The van der Waals surface area contributed by atoms with E-state index in [-0.39, 0.29) is 12.9 Å². The summed E-state index contributed by atoms with van der Waals surface area (Å²) in [6, 6.07) is 0. The van der Waals surface area contributed by atoms with E-state index in [4.69, 9.17) is 24.5 Å². The van der Waals surface area contributed by atoms with E-state index < -0.39 is 0 Å². The lowest BCUT2D eigenvalue weighted by atomic mass is 9.76. The molecule has 0 aromatic rings. The maximum atomic E-state index is 8.36. The predicted octanol–water partition coefficient (Wildman–Crippen LogP) is 2.93. The minimum absolute atomic E-state index is 0.250. The lowest BCUT2D eigenvalue weighted by molar-refractivity contribution is -0.123. The van der Waals surface area contributed by atoms with Crippen molar-refractivity contribution in [1.29, 1.82) is 0 Å². The van der Waals surface area contributed by atoms with Gasteiger partial charge in [0.25, 0.3) is 12.9 Å². The Kier molecular flexibility index (Phi) is 11.0. The van der Waals surface area contributed by atoms with Gasteiger partial charge in [-0.05, 0) is 72.0 Å². The van der Waals surface area contributed by atoms with E-state index >= 15 is 0 Å². The lowest BCUT2D eigenvalue weighted by Crippen LogP contribution is -2.57. The molecule has 3 fully saturated rings. The van der Waals surface area contributed by atoms with Gasteiger partial charge in [-0.1, -0.05) is 12.8 Å². The van der Waals surface area contributed by atoms with Crippen LogP contribution in [0.4, 0.5) is 0 Å². The van der Waals surface area contributed by atoms with Crippen molar-refractivity contribution in [3.63, 3.8) is 0 Å². The normalized spacial score (nSPS) is 28.6. The van der Waals surface area contributed by atoms with Gasteiger partial charge in [-0.25, -0.2) is 0 Å². The van der Waals surface area contributed by atoms with Crippen LogP contribution in [0, 0.1) is 5.41 Å². The van der Waals surface area contributed by atoms with Gasteiger partial charge in [0.2, 0.25) is 0 Å². The summed E-state index contributed by atoms with van der Waals surface area (Å²) in [6.07, 6.45) is 11.5. The fraction of sp³-hybridized carbons (Fsp3) is 0.905. The van der Waals surface area contributed by atoms with Crippen molar-refractivity contribution in [1.82, 2.24) is 9.80 Å². The fourth-order valence-corrected chi connectivity index (χ4v) is 5.48. The monoisotopic (exact) mass is 400 g/mol. The van der Waals surface area contributed by atoms with E-state index in [1.54, 1.807) is 0 Å². The third kappa shape index (κ3) is 7.01. The summed E-state index contributed by atoms with van der Waals surface area (Å²) < 4.78 is 5.86. The predicted molar refractivity (Wildman–Crippen MR) is 110 cm³/mol. The van der Waals surface area contributed by atoms with Crippen LogP contribution in [-0.2, 0) is 14.3 Å². The zero-order valence-electron chi connectivity index (χ0n) is 17.9. The molecule has 3 rings (SSSR count). The molecule has 3 aliphatic rings. The number of carboxylic acid groups (broad SMARTS) is 2. The number of nitrogens with zero attached hydrogens (tertiary/aromatic N) is 2. The third-order valence-corrected chi connectivity index (χ3v) is 6.62. The quantitative estimate of drug-likeness (QED) is 0.701. The number of piperidine rings is 2. The highest BCUT2D eigenvalue weighted by Crippen LogP contribution is 2.46. The number of hydrogen-bond acceptors (Lipinski definition) is 5. The maximum absolute atomic E-state index is 8.36. The van der Waals surface area contributed by atoms with Crippen molar-refractivity contribution < 1.29 is 24.5 Å². The first-order valence-corrected chi connectivity index (χ1v) is 10.5. The highest BCUT2D eigenvalue weighted by atomic mass is 16.5. The first-order chi connectivity index (χ1) is 13.4. The molecule has 0 amide bonds. The molecule has 2 atom stereocenters. The summed E-state index contributed by atoms with van der Waals surface area (Å²) in [5.74, 6) is 0. The van der Waals surface area contributed by atoms with Crippen molar-refractivity contribution in [2.75, 3.05) is 39.8 Å². The van der Waals surface area contributed by atoms with Crippen molar-refractivity contribution in [3.8, 4) is 0 Å². The second-order valence-corrected chi connectivity index (χ2v) is 8.86. The van der Waals surface area contributed by atoms with Crippen molar-refractivity contribution in [3.05, 3.63) is 0 Å². The first-order valence-electron chi connectivity index (χ1n) is 10.5. The lowest BCUT2D eigenvalue weighted by Gasteiger charge is -2.48. The molecule has 7 nitrogen and oxygen atoms in total. The molecule has 2 heterocycles. The van der Waals surface area contributed by atoms with Crippen LogP contribution in [-0.4, -0.2) is 84.4 Å². The molecule has 0 aromatic heterocycles. The molecular weight excluding hydrogens is 360 g/mol. The van der Waals surface area contributed by atoms with Gasteiger partial charge in [0.05, 0.1) is 6.10 Å². The van der Waals surface area contributed by atoms with Crippen LogP contribution in [0.15, 0.2) is 0 Å². The van der Waals surface area contributed by atoms with Crippen molar-refractivity contribution in [2.45, 2.75) is 76.9 Å². The summed E-state index contributed by atoms with van der Waals surface area (Å²) in [7, 11) is 1.92. The molecule has 1 spiro atoms. The van der Waals surface area contributed by atoms with Gasteiger partial charge in [-0.15, -0.1) is 0 Å². The molecule has 1 saturated carbocycles. The topological polar surface area (TPSA) is 90.3 Å². The molecule has 164 valence electrons. The molecule has 2 saturated heterocycles. The summed E-state index contributed by atoms with van der Waals surface area (Å²) in [5.41, 5.74) is 0.783. The highest BCUT2D eigenvalue weighted by molar-refractivity contribution is 5.33. The summed E-state index contributed by atoms with van der Waals surface area (Å²) in [6.45, 7) is 10.8. The number of hydrogen-bond donors (Lipinski definition) is 2. The van der Waals surface area contributed by atoms with E-state index in [1.807, 2.05) is 7.11 Å². The molecule has 0 radical (unpaired) electrons. The minimum atomic E-state index is -0.250. The van der Waals surface area contributed by atoms with E-state index in [2.05, 4.69) is 23.6 Å². The van der Waals surface area contributed by atoms with Crippen molar-refractivity contribution in [2.24, 2.45) is 5.41 Å². The average Bonchev–Trinajstić information content (AvgIpc) is 3.05. The van der Waals surface area contributed by atoms with Gasteiger partial charge < -0.3 is 19.8 Å². The van der Waals surface area contributed by atoms with Crippen LogP contribution in [0.2, 0.25) is 0 Å². The molecule has 2 aliphatic heterocycles. The highest BCUT2D eigenvalue weighted by Gasteiger charge is 2.46. The number of likely N-dealkylation sites (tertiary alicyclic amines) is 2. The maximum Gasteiger partial charge on any atom is 0.290 e. The summed E-state index contributed by atoms with van der Waals surface area (Å²) in [4.78, 5) is 22.2. The molecule has 0 bridgehead atoms. The van der Waals surface area contributed by atoms with Crippen LogP contribution >= 0.6 is 0 Å². The van der Waals surface area contributed by atoms with Crippen molar-refractivity contribution >= 4 is 12.9 Å². The number of carbonyl (C=O) groups is 2. The van der Waals surface area contributed by atoms with Crippen LogP contribution in [0.25, 0.3) is 0 Å². The average molecular weight is 401 g/mol. The Bertz CT molecular complexity index is 448. The fourth-order valence-electron chi connectivity index (χ4n) is 5.48. The van der Waals surface area contributed by atoms with E-state index in [0.717, 1.165) is 0 Å². The Labute approximate surface area is 170 Å². The Morgan fingerprint density at radius 1 is 1.00 bits per heavy atom. The van der Waals surface area contributed by atoms with Crippen LogP contribution in [0.5, 0.6) is 0 Å². The van der Waals surface area contributed by atoms with Gasteiger partial charge in [0.1, 0.15) is 0 Å². The molecule has 0 unspecified atom stereocenters. The zero-order valence-corrected chi connectivity index (χ0v) is 17.9. The van der Waals surface area contributed by atoms with Gasteiger partial charge in [0, 0.05) is 31.2 Å². The van der Waals surface area contributed by atoms with Crippen LogP contribution < -0.4 is 0 Å². The van der Waals surface area contributed by atoms with E-state index in [9.17, 15) is 0 Å². The SMILES string of the molecule is CO[C@@H]1CCC[C@@]12CCCN(CC(C)(C)N1CCCCC1)C2.O=CO.O=CO. The number of methoxy groups -OCH3 is 1. The Morgan fingerprint density at radius 3 is 2.14 bits per heavy atom. The Morgan fingerprint density at radius 2 is 1.57 bits per heavy atom.